The molecule has 0 bridgehead atoms. The lowest BCUT2D eigenvalue weighted by Crippen LogP contribution is -2.62. The predicted octanol–water partition coefficient (Wildman–Crippen LogP) is 2.23. The van der Waals surface area contributed by atoms with Crippen molar-refractivity contribution >= 4 is 17.6 Å². The van der Waals surface area contributed by atoms with Crippen molar-refractivity contribution in [1.29, 1.82) is 0 Å². The molecule has 37 heavy (non-hydrogen) atoms. The van der Waals surface area contributed by atoms with Crippen LogP contribution in [0.3, 0.4) is 0 Å². The van der Waals surface area contributed by atoms with Crippen LogP contribution >= 0.6 is 0 Å². The predicted molar refractivity (Wildman–Crippen MR) is 139 cm³/mol. The molecule has 6 rings (SSSR count). The molecule has 0 radical (unpaired) electrons. The molecular weight excluding hydrogens is 468 g/mol. The van der Waals surface area contributed by atoms with Gasteiger partial charge in [-0.3, -0.25) is 14.4 Å². The van der Waals surface area contributed by atoms with Crippen LogP contribution in [0.25, 0.3) is 0 Å². The molecular formula is C29H40N4O4. The minimum atomic E-state index is -0.973. The number of hydrogen-bond donors (Lipinski definition) is 2. The van der Waals surface area contributed by atoms with Crippen molar-refractivity contribution < 1.29 is 19.1 Å². The topological polar surface area (TPSA) is 91.0 Å². The number of ether oxygens (including phenoxy) is 1. The van der Waals surface area contributed by atoms with Gasteiger partial charge in [0.25, 0.3) is 5.91 Å². The molecule has 3 atom stereocenters. The van der Waals surface area contributed by atoms with Gasteiger partial charge in [-0.2, -0.15) is 0 Å². The van der Waals surface area contributed by atoms with Crippen LogP contribution in [-0.4, -0.2) is 90.5 Å². The van der Waals surface area contributed by atoms with E-state index in [0.717, 1.165) is 25.3 Å². The minimum Gasteiger partial charge on any atom is -0.366 e. The fourth-order valence-corrected chi connectivity index (χ4v) is 7.18. The summed E-state index contributed by atoms with van der Waals surface area (Å²) < 4.78 is 5.73. The van der Waals surface area contributed by atoms with Gasteiger partial charge >= 0.3 is 0 Å². The summed E-state index contributed by atoms with van der Waals surface area (Å²) in [4.78, 5) is 44.5. The summed E-state index contributed by atoms with van der Waals surface area (Å²) in [5, 5.41) is 6.37. The second-order valence-electron chi connectivity index (χ2n) is 11.8. The summed E-state index contributed by atoms with van der Waals surface area (Å²) >= 11 is 0. The number of piperidine rings is 1. The monoisotopic (exact) mass is 508 g/mol. The summed E-state index contributed by atoms with van der Waals surface area (Å²) in [7, 11) is 1.83. The second kappa shape index (κ2) is 10.1. The first-order valence-electron chi connectivity index (χ1n) is 14.3. The quantitative estimate of drug-likeness (QED) is 0.613. The zero-order chi connectivity index (χ0) is 25.6. The van der Waals surface area contributed by atoms with E-state index in [1.54, 1.807) is 4.90 Å². The van der Waals surface area contributed by atoms with E-state index in [0.29, 0.717) is 30.9 Å². The van der Waals surface area contributed by atoms with E-state index < -0.39 is 11.6 Å². The molecule has 1 aromatic rings. The molecule has 8 nitrogen and oxygen atoms in total. The second-order valence-corrected chi connectivity index (χ2v) is 11.8. The molecule has 5 fully saturated rings. The number of nitrogens with zero attached hydrogens (tertiary/aromatic N) is 2. The van der Waals surface area contributed by atoms with Crippen LogP contribution in [0.4, 0.5) is 0 Å². The number of benzene rings is 1. The third-order valence-corrected chi connectivity index (χ3v) is 9.52. The molecule has 2 amide bonds. The van der Waals surface area contributed by atoms with Crippen LogP contribution in [0, 0.1) is 0 Å². The molecule has 5 aliphatic rings. The van der Waals surface area contributed by atoms with Crippen LogP contribution in [0.5, 0.6) is 0 Å². The molecule has 3 aliphatic heterocycles. The number of likely N-dealkylation sites (N-methyl/N-ethyl adjacent to an activating group) is 1. The van der Waals surface area contributed by atoms with Crippen LogP contribution in [0.15, 0.2) is 24.3 Å². The molecule has 200 valence electrons. The van der Waals surface area contributed by atoms with Gasteiger partial charge in [0.1, 0.15) is 24.3 Å². The molecule has 3 saturated heterocycles. The number of nitrogens with one attached hydrogen (secondary N) is 2. The number of ketones is 1. The molecule has 3 heterocycles. The number of fused-ring (bicyclic) bond motifs is 1. The molecule has 2 aliphatic carbocycles. The van der Waals surface area contributed by atoms with Crippen molar-refractivity contribution in [2.75, 3.05) is 33.3 Å². The Hall–Kier alpha value is -2.29. The van der Waals surface area contributed by atoms with Crippen molar-refractivity contribution in [3.63, 3.8) is 0 Å². The van der Waals surface area contributed by atoms with Gasteiger partial charge in [0.15, 0.2) is 5.78 Å². The van der Waals surface area contributed by atoms with E-state index in [4.69, 9.17) is 4.74 Å². The molecule has 1 aromatic carbocycles. The largest absolute Gasteiger partial charge is 0.366 e. The minimum absolute atomic E-state index is 0.0443. The number of carbonyl (C=O) groups is 3. The lowest BCUT2D eigenvalue weighted by atomic mass is 9.80. The highest BCUT2D eigenvalue weighted by Crippen LogP contribution is 2.37. The lowest BCUT2D eigenvalue weighted by Gasteiger charge is -2.40. The summed E-state index contributed by atoms with van der Waals surface area (Å²) in [5.41, 5.74) is 0.917. The fraction of sp³-hybridized carbons (Fsp3) is 0.690. The Kier molecular flexibility index (Phi) is 6.84. The van der Waals surface area contributed by atoms with Crippen molar-refractivity contribution in [1.82, 2.24) is 20.4 Å². The summed E-state index contributed by atoms with van der Waals surface area (Å²) in [6.45, 7) is 2.80. The molecule has 2 N–H and O–H groups in total. The number of hydrogen-bond acceptors (Lipinski definition) is 6. The Bertz CT molecular complexity index is 1020. The van der Waals surface area contributed by atoms with Gasteiger partial charge in [-0.1, -0.05) is 31.4 Å². The van der Waals surface area contributed by atoms with Gasteiger partial charge in [0, 0.05) is 18.2 Å². The molecule has 0 spiro atoms. The third kappa shape index (κ3) is 4.72. The number of rotatable bonds is 6. The highest BCUT2D eigenvalue weighted by Gasteiger charge is 2.55. The SMILES string of the molecule is CN[C@H]1CN(C(=O)C2(NC(=O)c3ccc(C4CCN(C5CC5)CC4)cc3)CCCCC2)[C@@H]2C(=O)CO[C@H]12. The highest BCUT2D eigenvalue weighted by atomic mass is 16.5. The smallest absolute Gasteiger partial charge is 0.252 e. The Morgan fingerprint density at radius 2 is 1.70 bits per heavy atom. The molecule has 0 aromatic heterocycles. The van der Waals surface area contributed by atoms with Crippen molar-refractivity contribution in [2.24, 2.45) is 0 Å². The average Bonchev–Trinajstić information content (AvgIpc) is 3.62. The maximum atomic E-state index is 14.0. The van der Waals surface area contributed by atoms with E-state index in [-0.39, 0.29) is 36.4 Å². The Labute approximate surface area is 219 Å². The number of carbonyl (C=O) groups excluding carboxylic acids is 3. The normalized spacial score (nSPS) is 30.4. The van der Waals surface area contributed by atoms with Crippen LogP contribution in [0.2, 0.25) is 0 Å². The van der Waals surface area contributed by atoms with Gasteiger partial charge < -0.3 is 25.2 Å². The maximum absolute atomic E-state index is 14.0. The molecule has 2 saturated carbocycles. The van der Waals surface area contributed by atoms with Crippen LogP contribution in [0.1, 0.15) is 79.6 Å². The molecule has 0 unspecified atom stereocenters. The fourth-order valence-electron chi connectivity index (χ4n) is 7.18. The Balaban J connectivity index is 1.15. The number of amides is 2. The van der Waals surface area contributed by atoms with Gasteiger partial charge in [0.2, 0.25) is 5.91 Å². The van der Waals surface area contributed by atoms with Gasteiger partial charge in [-0.15, -0.1) is 0 Å². The zero-order valence-electron chi connectivity index (χ0n) is 21.9. The zero-order valence-corrected chi connectivity index (χ0v) is 21.9. The number of Topliss-reactive ketones (excluding diaryl/α,β-unsaturated/α-hetero) is 1. The first kappa shape index (κ1) is 25.0. The Morgan fingerprint density at radius 1 is 1.00 bits per heavy atom. The molecule has 8 heteroatoms. The Morgan fingerprint density at radius 3 is 2.35 bits per heavy atom. The van der Waals surface area contributed by atoms with Gasteiger partial charge in [-0.25, -0.2) is 0 Å². The highest BCUT2D eigenvalue weighted by molar-refractivity contribution is 6.01. The summed E-state index contributed by atoms with van der Waals surface area (Å²) in [5.74, 6) is 0.158. The van der Waals surface area contributed by atoms with Gasteiger partial charge in [0.05, 0.1) is 6.04 Å². The van der Waals surface area contributed by atoms with E-state index >= 15 is 0 Å². The standard InChI is InChI=1S/C29H40N4O4/c1-30-23-17-33(25-24(34)18-37-26(23)25)28(36)29(13-3-2-4-14-29)31-27(35)21-7-5-19(6-8-21)20-11-15-32(16-12-20)22-9-10-22/h5-8,20,22-23,25-26,30H,2-4,9-18H2,1H3,(H,31,35)/t23-,25+,26+/m0/s1. The summed E-state index contributed by atoms with van der Waals surface area (Å²) in [6, 6.07) is 8.20. The lowest BCUT2D eigenvalue weighted by molar-refractivity contribution is -0.143. The maximum Gasteiger partial charge on any atom is 0.252 e. The van der Waals surface area contributed by atoms with E-state index in [9.17, 15) is 14.4 Å². The van der Waals surface area contributed by atoms with Crippen molar-refractivity contribution in [3.8, 4) is 0 Å². The average molecular weight is 509 g/mol. The van der Waals surface area contributed by atoms with Crippen LogP contribution < -0.4 is 10.6 Å². The summed E-state index contributed by atoms with van der Waals surface area (Å²) in [6.07, 6.45) is 8.76. The first-order chi connectivity index (χ1) is 18.0. The van der Waals surface area contributed by atoms with E-state index in [2.05, 4.69) is 27.7 Å². The van der Waals surface area contributed by atoms with E-state index in [1.165, 1.54) is 44.3 Å². The third-order valence-electron chi connectivity index (χ3n) is 9.52. The van der Waals surface area contributed by atoms with Crippen LogP contribution in [-0.2, 0) is 14.3 Å². The number of likely N-dealkylation sites (tertiary alicyclic amines) is 2. The first-order valence-corrected chi connectivity index (χ1v) is 14.3. The van der Waals surface area contributed by atoms with Gasteiger partial charge in [-0.05, 0) is 82.3 Å². The van der Waals surface area contributed by atoms with Crippen molar-refractivity contribution in [3.05, 3.63) is 35.4 Å². The van der Waals surface area contributed by atoms with Crippen molar-refractivity contribution in [2.45, 2.75) is 93.5 Å². The van der Waals surface area contributed by atoms with E-state index in [1.807, 2.05) is 19.2 Å².